The van der Waals surface area contributed by atoms with Crippen LogP contribution in [-0.4, -0.2) is 38.9 Å². The van der Waals surface area contributed by atoms with E-state index in [2.05, 4.69) is 20.8 Å². The Bertz CT molecular complexity index is 1800. The van der Waals surface area contributed by atoms with Gasteiger partial charge in [-0.1, -0.05) is 36.4 Å². The van der Waals surface area contributed by atoms with Gasteiger partial charge in [-0.3, -0.25) is 23.9 Å². The number of anilines is 1. The molecule has 2 unspecified atom stereocenters. The number of carbonyl (C=O) groups is 2. The van der Waals surface area contributed by atoms with Gasteiger partial charge in [0.2, 0.25) is 11.8 Å². The Labute approximate surface area is 226 Å². The summed E-state index contributed by atoms with van der Waals surface area (Å²) in [7, 11) is 0. The van der Waals surface area contributed by atoms with Gasteiger partial charge in [0.15, 0.2) is 0 Å². The fraction of sp³-hybridized carbons (Fsp3) is 0.267. The summed E-state index contributed by atoms with van der Waals surface area (Å²) < 4.78 is 2.40. The maximum Gasteiger partial charge on any atom is 0.266 e. The average Bonchev–Trinajstić information content (AvgIpc) is 3.62. The summed E-state index contributed by atoms with van der Waals surface area (Å²) in [5.41, 5.74) is 2.68. The average molecular weight is 567 g/mol. The van der Waals surface area contributed by atoms with Crippen molar-refractivity contribution in [3.05, 3.63) is 98.5 Å². The van der Waals surface area contributed by atoms with Crippen LogP contribution in [0.4, 0.5) is 5.69 Å². The molecule has 0 radical (unpaired) electrons. The van der Waals surface area contributed by atoms with Gasteiger partial charge in [0.1, 0.15) is 11.4 Å². The first kappa shape index (κ1) is 22.4. The molecule has 38 heavy (non-hydrogen) atoms. The second-order valence-corrected chi connectivity index (χ2v) is 11.6. The van der Waals surface area contributed by atoms with Crippen LogP contribution in [0, 0.1) is 18.8 Å². The SMILES string of the molecule is Cc1ccc(N2C(=O)[C@H]3C4CCCN4C4(c5ccccc5-n5c4nc4ccccc4c5=O)[C@H]3C2=O)c(Br)c1. The van der Waals surface area contributed by atoms with Crippen LogP contribution in [0.5, 0.6) is 0 Å². The molecule has 3 saturated heterocycles. The molecule has 0 saturated carbocycles. The van der Waals surface area contributed by atoms with Gasteiger partial charge in [-0.05, 0) is 78.1 Å². The summed E-state index contributed by atoms with van der Waals surface area (Å²) >= 11 is 3.60. The number of halogens is 1. The zero-order valence-corrected chi connectivity index (χ0v) is 22.2. The lowest BCUT2D eigenvalue weighted by Gasteiger charge is -2.38. The van der Waals surface area contributed by atoms with Crippen molar-refractivity contribution in [1.29, 1.82) is 0 Å². The number of amides is 2. The van der Waals surface area contributed by atoms with E-state index in [1.165, 1.54) is 4.90 Å². The number of rotatable bonds is 1. The number of para-hydroxylation sites is 2. The van der Waals surface area contributed by atoms with Crippen molar-refractivity contribution < 1.29 is 9.59 Å². The minimum Gasteiger partial charge on any atom is -0.283 e. The van der Waals surface area contributed by atoms with Crippen molar-refractivity contribution in [3.63, 3.8) is 0 Å². The summed E-state index contributed by atoms with van der Waals surface area (Å²) in [6.07, 6.45) is 1.75. The van der Waals surface area contributed by atoms with Crippen LogP contribution in [0.15, 0.2) is 76.0 Å². The Balaban J connectivity index is 1.45. The van der Waals surface area contributed by atoms with Gasteiger partial charge in [0.25, 0.3) is 5.56 Å². The number of carbonyl (C=O) groups excluding carboxylic acids is 2. The van der Waals surface area contributed by atoms with Gasteiger partial charge in [-0.2, -0.15) is 0 Å². The third-order valence-corrected chi connectivity index (χ3v) is 9.62. The van der Waals surface area contributed by atoms with Crippen molar-refractivity contribution in [1.82, 2.24) is 14.5 Å². The van der Waals surface area contributed by atoms with E-state index in [9.17, 15) is 14.4 Å². The zero-order chi connectivity index (χ0) is 25.9. The maximum absolute atomic E-state index is 14.5. The summed E-state index contributed by atoms with van der Waals surface area (Å²) in [5.74, 6) is -1.05. The number of benzene rings is 3. The predicted molar refractivity (Wildman–Crippen MR) is 146 cm³/mol. The van der Waals surface area contributed by atoms with Crippen molar-refractivity contribution in [2.75, 3.05) is 11.4 Å². The molecule has 4 aliphatic rings. The minimum absolute atomic E-state index is 0.103. The molecule has 8 rings (SSSR count). The number of imide groups is 1. The first-order chi connectivity index (χ1) is 18.4. The second kappa shape index (κ2) is 7.48. The fourth-order valence-corrected chi connectivity index (χ4v) is 8.31. The van der Waals surface area contributed by atoms with Crippen LogP contribution in [0.2, 0.25) is 0 Å². The molecule has 0 bridgehead atoms. The molecule has 8 heteroatoms. The van der Waals surface area contributed by atoms with Gasteiger partial charge in [-0.15, -0.1) is 0 Å². The molecule has 4 atom stereocenters. The van der Waals surface area contributed by atoms with Gasteiger partial charge in [-0.25, -0.2) is 9.88 Å². The highest BCUT2D eigenvalue weighted by Gasteiger charge is 2.73. The third-order valence-electron chi connectivity index (χ3n) is 8.98. The van der Waals surface area contributed by atoms with E-state index in [-0.39, 0.29) is 23.4 Å². The highest BCUT2D eigenvalue weighted by molar-refractivity contribution is 9.10. The number of fused-ring (bicyclic) bond motifs is 11. The van der Waals surface area contributed by atoms with E-state index in [0.717, 1.165) is 36.2 Å². The Kier molecular flexibility index (Phi) is 4.41. The van der Waals surface area contributed by atoms with Crippen LogP contribution in [0.1, 0.15) is 29.8 Å². The van der Waals surface area contributed by atoms with Crippen LogP contribution < -0.4 is 10.5 Å². The molecule has 7 nitrogen and oxygen atoms in total. The van der Waals surface area contributed by atoms with Crippen LogP contribution >= 0.6 is 15.9 Å². The Morgan fingerprint density at radius 1 is 0.947 bits per heavy atom. The number of aryl methyl sites for hydroxylation is 1. The van der Waals surface area contributed by atoms with Crippen LogP contribution in [-0.2, 0) is 15.1 Å². The van der Waals surface area contributed by atoms with E-state index in [0.29, 0.717) is 26.9 Å². The molecule has 3 aromatic carbocycles. The lowest BCUT2D eigenvalue weighted by Crippen LogP contribution is -2.51. The quantitative estimate of drug-likeness (QED) is 0.321. The number of aromatic nitrogens is 2. The van der Waals surface area contributed by atoms with Gasteiger partial charge in [0, 0.05) is 16.1 Å². The fourth-order valence-electron chi connectivity index (χ4n) is 7.64. The molecular weight excluding hydrogens is 544 g/mol. The van der Waals surface area contributed by atoms with Crippen molar-refractivity contribution in [2.45, 2.75) is 31.3 Å². The van der Waals surface area contributed by atoms with E-state index >= 15 is 0 Å². The first-order valence-corrected chi connectivity index (χ1v) is 13.8. The molecule has 2 amide bonds. The molecule has 1 spiro atoms. The van der Waals surface area contributed by atoms with Crippen molar-refractivity contribution >= 4 is 44.3 Å². The molecule has 4 aliphatic heterocycles. The maximum atomic E-state index is 14.5. The van der Waals surface area contributed by atoms with E-state index < -0.39 is 17.4 Å². The second-order valence-electron chi connectivity index (χ2n) is 10.7. The third kappa shape index (κ3) is 2.48. The summed E-state index contributed by atoms with van der Waals surface area (Å²) in [4.78, 5) is 51.5. The zero-order valence-electron chi connectivity index (χ0n) is 20.6. The van der Waals surface area contributed by atoms with Crippen LogP contribution in [0.25, 0.3) is 16.6 Å². The summed E-state index contributed by atoms with van der Waals surface area (Å²) in [5, 5.41) is 0.537. The molecule has 188 valence electrons. The van der Waals surface area contributed by atoms with Gasteiger partial charge >= 0.3 is 0 Å². The normalized spacial score (nSPS) is 27.3. The Morgan fingerprint density at radius 2 is 1.74 bits per heavy atom. The number of nitrogens with zero attached hydrogens (tertiary/aromatic N) is 4. The molecule has 4 aromatic rings. The molecule has 5 heterocycles. The minimum atomic E-state index is -0.996. The predicted octanol–water partition coefficient (Wildman–Crippen LogP) is 4.30. The lowest BCUT2D eigenvalue weighted by molar-refractivity contribution is -0.124. The lowest BCUT2D eigenvalue weighted by atomic mass is 9.75. The largest absolute Gasteiger partial charge is 0.283 e. The Hall–Kier alpha value is -3.62. The summed E-state index contributed by atoms with van der Waals surface area (Å²) in [6, 6.07) is 20.7. The van der Waals surface area contributed by atoms with E-state index in [4.69, 9.17) is 4.98 Å². The highest BCUT2D eigenvalue weighted by atomic mass is 79.9. The van der Waals surface area contributed by atoms with Crippen molar-refractivity contribution in [2.24, 2.45) is 11.8 Å². The first-order valence-electron chi connectivity index (χ1n) is 13.0. The van der Waals surface area contributed by atoms with E-state index in [1.807, 2.05) is 67.6 Å². The van der Waals surface area contributed by atoms with Gasteiger partial charge in [0.05, 0.1) is 34.1 Å². The monoisotopic (exact) mass is 566 g/mol. The molecule has 0 N–H and O–H groups in total. The van der Waals surface area contributed by atoms with Crippen LogP contribution in [0.3, 0.4) is 0 Å². The smallest absolute Gasteiger partial charge is 0.266 e. The van der Waals surface area contributed by atoms with E-state index in [1.54, 1.807) is 10.6 Å². The summed E-state index contributed by atoms with van der Waals surface area (Å²) in [6.45, 7) is 2.71. The molecular formula is C30H23BrN4O3. The van der Waals surface area contributed by atoms with Gasteiger partial charge < -0.3 is 0 Å². The molecule has 3 fully saturated rings. The highest BCUT2D eigenvalue weighted by Crippen LogP contribution is 2.62. The number of hydrogen-bond donors (Lipinski definition) is 0. The standard InChI is InChI=1S/C30H23BrN4O3/c1-16-12-13-22(19(31)15-16)34-27(37)24-23-11-6-14-33(23)30(25(24)28(34)38)18-8-3-5-10-21(18)35-26(36)17-7-2-4-9-20(17)32-29(30)35/h2-5,7-10,12-13,15,23-25H,6,11,14H2,1H3/t23?,24-,25+,30?/m0/s1. The Morgan fingerprint density at radius 3 is 2.58 bits per heavy atom. The van der Waals surface area contributed by atoms with Crippen molar-refractivity contribution in [3.8, 4) is 5.69 Å². The molecule has 0 aliphatic carbocycles. The number of hydrogen-bond acceptors (Lipinski definition) is 5. The topological polar surface area (TPSA) is 75.5 Å². The molecule has 1 aromatic heterocycles.